The first kappa shape index (κ1) is 13.5. The largest absolute Gasteiger partial charge is 0.279 e. The van der Waals surface area contributed by atoms with Crippen LogP contribution >= 0.6 is 27.3 Å². The normalized spacial score (nSPS) is 11.5. The number of benzene rings is 1. The van der Waals surface area contributed by atoms with Crippen LogP contribution < -0.4 is 4.72 Å². The number of aryl methyl sites for hydroxylation is 1. The van der Waals surface area contributed by atoms with Crippen LogP contribution in [0, 0.1) is 12.7 Å². The molecule has 0 aliphatic carbocycles. The Morgan fingerprint density at radius 2 is 2.11 bits per heavy atom. The summed E-state index contributed by atoms with van der Waals surface area (Å²) in [6, 6.07) is 5.83. The number of nitrogens with one attached hydrogen (secondary N) is 1. The standard InChI is InChI=1S/C11H9BrFNO2S2/c1-7-5-8(12)9(13)6-10(7)14-18(15,16)11-3-2-4-17-11/h2-6,14H,1H3. The lowest BCUT2D eigenvalue weighted by Gasteiger charge is -2.10. The molecule has 1 aromatic heterocycles. The summed E-state index contributed by atoms with van der Waals surface area (Å²) in [6.07, 6.45) is 0. The maximum Gasteiger partial charge on any atom is 0.271 e. The van der Waals surface area contributed by atoms with Crippen molar-refractivity contribution in [2.24, 2.45) is 0 Å². The molecule has 3 nitrogen and oxygen atoms in total. The van der Waals surface area contributed by atoms with Gasteiger partial charge in [-0.1, -0.05) is 6.07 Å². The molecule has 0 bridgehead atoms. The van der Waals surface area contributed by atoms with Gasteiger partial charge in [0.15, 0.2) is 0 Å². The molecule has 0 aliphatic heterocycles. The van der Waals surface area contributed by atoms with Crippen molar-refractivity contribution in [1.82, 2.24) is 0 Å². The van der Waals surface area contributed by atoms with Crippen molar-refractivity contribution in [2.45, 2.75) is 11.1 Å². The van der Waals surface area contributed by atoms with E-state index in [1.54, 1.807) is 18.4 Å². The average Bonchev–Trinajstić information content (AvgIpc) is 2.79. The molecular weight excluding hydrogens is 341 g/mol. The third-order valence-corrected chi connectivity index (χ3v) is 5.64. The van der Waals surface area contributed by atoms with E-state index in [0.29, 0.717) is 10.0 Å². The molecule has 1 N–H and O–H groups in total. The van der Waals surface area contributed by atoms with Crippen LogP contribution in [0.4, 0.5) is 10.1 Å². The highest BCUT2D eigenvalue weighted by molar-refractivity contribution is 9.10. The molecule has 96 valence electrons. The summed E-state index contributed by atoms with van der Waals surface area (Å²) in [5, 5.41) is 1.67. The van der Waals surface area contributed by atoms with Gasteiger partial charge in [0.05, 0.1) is 10.2 Å². The highest BCUT2D eigenvalue weighted by Crippen LogP contribution is 2.27. The summed E-state index contributed by atoms with van der Waals surface area (Å²) < 4.78 is 40.2. The van der Waals surface area contributed by atoms with Gasteiger partial charge in [0.25, 0.3) is 10.0 Å². The van der Waals surface area contributed by atoms with Crippen molar-refractivity contribution in [1.29, 1.82) is 0 Å². The minimum absolute atomic E-state index is 0.199. The number of thiophene rings is 1. The topological polar surface area (TPSA) is 46.2 Å². The fraction of sp³-hybridized carbons (Fsp3) is 0.0909. The minimum Gasteiger partial charge on any atom is -0.279 e. The molecule has 18 heavy (non-hydrogen) atoms. The molecule has 2 aromatic rings. The molecule has 1 heterocycles. The molecular formula is C11H9BrFNO2S2. The van der Waals surface area contributed by atoms with Gasteiger partial charge in [0.2, 0.25) is 0 Å². The maximum atomic E-state index is 13.4. The summed E-state index contributed by atoms with van der Waals surface area (Å²) in [6.45, 7) is 1.70. The Balaban J connectivity index is 2.39. The Hall–Kier alpha value is -0.920. The van der Waals surface area contributed by atoms with Crippen molar-refractivity contribution >= 4 is 43.0 Å². The van der Waals surface area contributed by atoms with E-state index in [-0.39, 0.29) is 9.90 Å². The van der Waals surface area contributed by atoms with E-state index in [0.717, 1.165) is 17.4 Å². The molecule has 0 radical (unpaired) electrons. The van der Waals surface area contributed by atoms with E-state index in [1.165, 1.54) is 12.1 Å². The van der Waals surface area contributed by atoms with Crippen LogP contribution in [0.1, 0.15) is 5.56 Å². The zero-order valence-corrected chi connectivity index (χ0v) is 12.5. The fourth-order valence-electron chi connectivity index (χ4n) is 1.37. The third-order valence-electron chi connectivity index (χ3n) is 2.27. The van der Waals surface area contributed by atoms with Gasteiger partial charge in [-0.15, -0.1) is 11.3 Å². The molecule has 0 spiro atoms. The SMILES string of the molecule is Cc1cc(Br)c(F)cc1NS(=O)(=O)c1cccs1. The highest BCUT2D eigenvalue weighted by atomic mass is 79.9. The molecule has 0 saturated heterocycles. The monoisotopic (exact) mass is 349 g/mol. The highest BCUT2D eigenvalue weighted by Gasteiger charge is 2.17. The molecule has 2 rings (SSSR count). The van der Waals surface area contributed by atoms with Crippen LogP contribution in [0.5, 0.6) is 0 Å². The molecule has 0 amide bonds. The first-order chi connectivity index (χ1) is 8.40. The lowest BCUT2D eigenvalue weighted by molar-refractivity contribution is 0.603. The Bertz CT molecular complexity index is 669. The second-order valence-corrected chi connectivity index (χ2v) is 7.33. The Morgan fingerprint density at radius 1 is 1.39 bits per heavy atom. The predicted octanol–water partition coefficient (Wildman–Crippen LogP) is 3.76. The third kappa shape index (κ3) is 2.73. The molecule has 0 fully saturated rings. The van der Waals surface area contributed by atoms with Crippen LogP contribution in [0.2, 0.25) is 0 Å². The molecule has 0 aliphatic rings. The van der Waals surface area contributed by atoms with E-state index < -0.39 is 15.8 Å². The second-order valence-electron chi connectivity index (χ2n) is 3.62. The number of rotatable bonds is 3. The van der Waals surface area contributed by atoms with Gasteiger partial charge < -0.3 is 0 Å². The molecule has 0 unspecified atom stereocenters. The lowest BCUT2D eigenvalue weighted by Crippen LogP contribution is -2.12. The first-order valence-corrected chi connectivity index (χ1v) is 8.08. The van der Waals surface area contributed by atoms with E-state index >= 15 is 0 Å². The predicted molar refractivity (Wildman–Crippen MR) is 74.0 cm³/mol. The van der Waals surface area contributed by atoms with Crippen LogP contribution in [0.3, 0.4) is 0 Å². The summed E-state index contributed by atoms with van der Waals surface area (Å²) in [7, 11) is -3.64. The Kier molecular flexibility index (Phi) is 3.74. The minimum atomic E-state index is -3.64. The van der Waals surface area contributed by atoms with Crippen molar-refractivity contribution in [2.75, 3.05) is 4.72 Å². The lowest BCUT2D eigenvalue weighted by atomic mass is 10.2. The average molecular weight is 350 g/mol. The molecule has 0 atom stereocenters. The zero-order valence-electron chi connectivity index (χ0n) is 9.28. The van der Waals surface area contributed by atoms with E-state index in [1.807, 2.05) is 0 Å². The van der Waals surface area contributed by atoms with Gasteiger partial charge in [-0.2, -0.15) is 0 Å². The van der Waals surface area contributed by atoms with E-state index in [4.69, 9.17) is 0 Å². The van der Waals surface area contributed by atoms with Crippen LogP contribution in [-0.2, 0) is 10.0 Å². The quantitative estimate of drug-likeness (QED) is 0.916. The Morgan fingerprint density at radius 3 is 2.72 bits per heavy atom. The maximum absolute atomic E-state index is 13.4. The van der Waals surface area contributed by atoms with Crippen molar-refractivity contribution in [3.8, 4) is 0 Å². The van der Waals surface area contributed by atoms with Gasteiger partial charge >= 0.3 is 0 Å². The number of anilines is 1. The second kappa shape index (κ2) is 4.99. The Labute approximate surface area is 117 Å². The van der Waals surface area contributed by atoms with Gasteiger partial charge in [0.1, 0.15) is 10.0 Å². The number of hydrogen-bond acceptors (Lipinski definition) is 3. The number of halogens is 2. The summed E-state index contributed by atoms with van der Waals surface area (Å²) in [5.41, 5.74) is 0.882. The van der Waals surface area contributed by atoms with E-state index in [2.05, 4.69) is 20.7 Å². The molecule has 1 aromatic carbocycles. The molecule has 7 heteroatoms. The summed E-state index contributed by atoms with van der Waals surface area (Å²) >= 11 is 4.16. The van der Waals surface area contributed by atoms with Gasteiger partial charge in [-0.05, 0) is 52.0 Å². The summed E-state index contributed by atoms with van der Waals surface area (Å²) in [4.78, 5) is 0. The zero-order chi connectivity index (χ0) is 13.3. The first-order valence-electron chi connectivity index (χ1n) is 4.92. The van der Waals surface area contributed by atoms with Crippen LogP contribution in [0.25, 0.3) is 0 Å². The molecule has 0 saturated carbocycles. The van der Waals surface area contributed by atoms with Crippen molar-refractivity contribution in [3.05, 3.63) is 45.5 Å². The van der Waals surface area contributed by atoms with Crippen LogP contribution in [-0.4, -0.2) is 8.42 Å². The van der Waals surface area contributed by atoms with Gasteiger partial charge in [-0.25, -0.2) is 12.8 Å². The number of sulfonamides is 1. The fourth-order valence-corrected chi connectivity index (χ4v) is 3.94. The van der Waals surface area contributed by atoms with Crippen LogP contribution in [0.15, 0.2) is 38.3 Å². The number of hydrogen-bond donors (Lipinski definition) is 1. The van der Waals surface area contributed by atoms with Crippen molar-refractivity contribution < 1.29 is 12.8 Å². The smallest absolute Gasteiger partial charge is 0.271 e. The van der Waals surface area contributed by atoms with Gasteiger partial charge in [0, 0.05) is 0 Å². The van der Waals surface area contributed by atoms with Crippen molar-refractivity contribution in [3.63, 3.8) is 0 Å². The summed E-state index contributed by atoms with van der Waals surface area (Å²) in [5.74, 6) is -0.510. The van der Waals surface area contributed by atoms with E-state index in [9.17, 15) is 12.8 Å². The van der Waals surface area contributed by atoms with Gasteiger partial charge in [-0.3, -0.25) is 4.72 Å².